The maximum absolute atomic E-state index is 12.7. The lowest BCUT2D eigenvalue weighted by molar-refractivity contribution is 0.102. The quantitative estimate of drug-likeness (QED) is 0.771. The Hall–Kier alpha value is -3.22. The van der Waals surface area contributed by atoms with Crippen LogP contribution in [0.4, 0.5) is 11.5 Å². The number of para-hydroxylation sites is 1. The van der Waals surface area contributed by atoms with E-state index in [0.717, 1.165) is 24.6 Å². The maximum atomic E-state index is 12.7. The number of pyridine rings is 1. The number of nitrogens with one attached hydrogen (secondary N) is 1. The van der Waals surface area contributed by atoms with Gasteiger partial charge in [0.15, 0.2) is 5.69 Å². The van der Waals surface area contributed by atoms with E-state index >= 15 is 0 Å². The van der Waals surface area contributed by atoms with E-state index in [-0.39, 0.29) is 5.91 Å². The third kappa shape index (κ3) is 3.67. The highest BCUT2D eigenvalue weighted by Gasteiger charge is 2.18. The molecule has 4 rings (SSSR count). The second-order valence-electron chi connectivity index (χ2n) is 6.68. The molecular formula is C20H22N6O. The number of rotatable bonds is 4. The minimum atomic E-state index is -0.273. The van der Waals surface area contributed by atoms with Crippen molar-refractivity contribution in [3.8, 4) is 5.69 Å². The van der Waals surface area contributed by atoms with Gasteiger partial charge in [-0.3, -0.25) is 4.79 Å². The summed E-state index contributed by atoms with van der Waals surface area (Å²) in [6.45, 7) is 3.86. The minimum absolute atomic E-state index is 0.273. The molecule has 0 bridgehead atoms. The number of anilines is 2. The van der Waals surface area contributed by atoms with Crippen molar-refractivity contribution in [1.82, 2.24) is 20.0 Å². The van der Waals surface area contributed by atoms with Gasteiger partial charge in [0.1, 0.15) is 5.82 Å². The Morgan fingerprint density at radius 3 is 2.63 bits per heavy atom. The Bertz CT molecular complexity index is 931. The SMILES string of the molecule is Cc1c(C(=O)Nc2ccnc(N3CCCCC3)c2)nnn1-c1ccccc1. The first-order valence-electron chi connectivity index (χ1n) is 9.22. The van der Waals surface area contributed by atoms with E-state index in [0.29, 0.717) is 17.1 Å². The molecule has 1 aromatic carbocycles. The van der Waals surface area contributed by atoms with Crippen LogP contribution in [0, 0.1) is 6.92 Å². The molecule has 0 saturated carbocycles. The van der Waals surface area contributed by atoms with E-state index in [9.17, 15) is 4.79 Å². The number of benzene rings is 1. The summed E-state index contributed by atoms with van der Waals surface area (Å²) in [6, 6.07) is 13.4. The number of nitrogens with zero attached hydrogens (tertiary/aromatic N) is 5. The summed E-state index contributed by atoms with van der Waals surface area (Å²) in [5.41, 5.74) is 2.60. The highest BCUT2D eigenvalue weighted by Crippen LogP contribution is 2.21. The van der Waals surface area contributed by atoms with Gasteiger partial charge in [-0.15, -0.1) is 5.10 Å². The van der Waals surface area contributed by atoms with Crippen LogP contribution < -0.4 is 10.2 Å². The average Bonchev–Trinajstić information content (AvgIpc) is 3.11. The number of piperidine rings is 1. The van der Waals surface area contributed by atoms with Gasteiger partial charge in [-0.2, -0.15) is 0 Å². The van der Waals surface area contributed by atoms with Crippen molar-refractivity contribution >= 4 is 17.4 Å². The molecule has 3 aromatic rings. The fraction of sp³-hybridized carbons (Fsp3) is 0.300. The van der Waals surface area contributed by atoms with Gasteiger partial charge in [-0.05, 0) is 44.4 Å². The fourth-order valence-electron chi connectivity index (χ4n) is 3.34. The van der Waals surface area contributed by atoms with Crippen molar-refractivity contribution in [3.63, 3.8) is 0 Å². The lowest BCUT2D eigenvalue weighted by Gasteiger charge is -2.27. The number of carbonyl (C=O) groups excluding carboxylic acids is 1. The third-order valence-electron chi connectivity index (χ3n) is 4.79. The Balaban J connectivity index is 1.52. The van der Waals surface area contributed by atoms with Crippen LogP contribution in [0.5, 0.6) is 0 Å². The first-order chi connectivity index (χ1) is 13.2. The fourth-order valence-corrected chi connectivity index (χ4v) is 3.34. The predicted octanol–water partition coefficient (Wildman–Crippen LogP) is 3.21. The first-order valence-corrected chi connectivity index (χ1v) is 9.22. The zero-order chi connectivity index (χ0) is 18.6. The number of hydrogen-bond donors (Lipinski definition) is 1. The van der Waals surface area contributed by atoms with Gasteiger partial charge in [-0.1, -0.05) is 23.4 Å². The average molecular weight is 362 g/mol. The lowest BCUT2D eigenvalue weighted by atomic mass is 10.1. The summed E-state index contributed by atoms with van der Waals surface area (Å²) in [5.74, 6) is 0.627. The van der Waals surface area contributed by atoms with Crippen LogP contribution >= 0.6 is 0 Å². The highest BCUT2D eigenvalue weighted by atomic mass is 16.2. The Kier molecular flexibility index (Phi) is 4.82. The van der Waals surface area contributed by atoms with E-state index < -0.39 is 0 Å². The molecule has 1 fully saturated rings. The standard InChI is InChI=1S/C20H22N6O/c1-15-19(23-24-26(15)17-8-4-2-5-9-17)20(27)22-16-10-11-21-18(14-16)25-12-6-3-7-13-25/h2,4-5,8-11,14H,3,6-7,12-13H2,1H3,(H,21,22,27). The lowest BCUT2D eigenvalue weighted by Crippen LogP contribution is -2.30. The topological polar surface area (TPSA) is 75.9 Å². The van der Waals surface area contributed by atoms with Gasteiger partial charge in [0.2, 0.25) is 0 Å². The molecule has 1 N–H and O–H groups in total. The van der Waals surface area contributed by atoms with Gasteiger partial charge in [0.25, 0.3) is 5.91 Å². The number of carbonyl (C=O) groups is 1. The molecule has 7 heteroatoms. The van der Waals surface area contributed by atoms with E-state index in [1.165, 1.54) is 19.3 Å². The summed E-state index contributed by atoms with van der Waals surface area (Å²) < 4.78 is 1.67. The molecule has 27 heavy (non-hydrogen) atoms. The van der Waals surface area contributed by atoms with Crippen LogP contribution in [0.2, 0.25) is 0 Å². The summed E-state index contributed by atoms with van der Waals surface area (Å²) in [6.07, 6.45) is 5.36. The Morgan fingerprint density at radius 2 is 1.85 bits per heavy atom. The summed E-state index contributed by atoms with van der Waals surface area (Å²) in [7, 11) is 0. The van der Waals surface area contributed by atoms with E-state index in [1.807, 2.05) is 43.3 Å². The molecule has 3 heterocycles. The Morgan fingerprint density at radius 1 is 1.07 bits per heavy atom. The van der Waals surface area contributed by atoms with E-state index in [4.69, 9.17) is 0 Å². The normalized spacial score (nSPS) is 14.2. The minimum Gasteiger partial charge on any atom is -0.357 e. The zero-order valence-corrected chi connectivity index (χ0v) is 15.3. The van der Waals surface area contributed by atoms with Crippen LogP contribution in [0.3, 0.4) is 0 Å². The monoisotopic (exact) mass is 362 g/mol. The second kappa shape index (κ2) is 7.57. The molecule has 1 saturated heterocycles. The van der Waals surface area contributed by atoms with E-state index in [1.54, 1.807) is 16.9 Å². The van der Waals surface area contributed by atoms with Crippen molar-refractivity contribution in [1.29, 1.82) is 0 Å². The van der Waals surface area contributed by atoms with Crippen LogP contribution in [-0.4, -0.2) is 39.0 Å². The molecule has 7 nitrogen and oxygen atoms in total. The molecule has 1 amide bonds. The maximum Gasteiger partial charge on any atom is 0.278 e. The Labute approximate surface area is 158 Å². The van der Waals surface area contributed by atoms with Crippen molar-refractivity contribution in [2.75, 3.05) is 23.3 Å². The largest absolute Gasteiger partial charge is 0.357 e. The predicted molar refractivity (Wildman–Crippen MR) is 104 cm³/mol. The molecule has 0 spiro atoms. The molecule has 1 aliphatic rings. The third-order valence-corrected chi connectivity index (χ3v) is 4.79. The van der Waals surface area contributed by atoms with Crippen LogP contribution in [0.15, 0.2) is 48.7 Å². The number of amides is 1. The van der Waals surface area contributed by atoms with Gasteiger partial charge in [-0.25, -0.2) is 9.67 Å². The molecule has 0 radical (unpaired) electrons. The number of aromatic nitrogens is 4. The van der Waals surface area contributed by atoms with Crippen molar-refractivity contribution < 1.29 is 4.79 Å². The van der Waals surface area contributed by atoms with Gasteiger partial charge >= 0.3 is 0 Å². The number of hydrogen-bond acceptors (Lipinski definition) is 5. The molecule has 2 aromatic heterocycles. The van der Waals surface area contributed by atoms with Crippen molar-refractivity contribution in [3.05, 3.63) is 60.0 Å². The van der Waals surface area contributed by atoms with E-state index in [2.05, 4.69) is 25.5 Å². The molecule has 1 aliphatic heterocycles. The molecule has 0 unspecified atom stereocenters. The molecular weight excluding hydrogens is 340 g/mol. The summed E-state index contributed by atoms with van der Waals surface area (Å²) >= 11 is 0. The van der Waals surface area contributed by atoms with Gasteiger partial charge < -0.3 is 10.2 Å². The van der Waals surface area contributed by atoms with Crippen LogP contribution in [-0.2, 0) is 0 Å². The van der Waals surface area contributed by atoms with Gasteiger partial charge in [0, 0.05) is 31.0 Å². The molecule has 138 valence electrons. The van der Waals surface area contributed by atoms with Gasteiger partial charge in [0.05, 0.1) is 11.4 Å². The summed E-state index contributed by atoms with van der Waals surface area (Å²) in [4.78, 5) is 19.4. The molecule has 0 aliphatic carbocycles. The first kappa shape index (κ1) is 17.2. The second-order valence-corrected chi connectivity index (χ2v) is 6.68. The summed E-state index contributed by atoms with van der Waals surface area (Å²) in [5, 5.41) is 11.1. The zero-order valence-electron chi connectivity index (χ0n) is 15.3. The smallest absolute Gasteiger partial charge is 0.278 e. The molecule has 0 atom stereocenters. The highest BCUT2D eigenvalue weighted by molar-refractivity contribution is 6.03. The van der Waals surface area contributed by atoms with Crippen molar-refractivity contribution in [2.24, 2.45) is 0 Å². The van der Waals surface area contributed by atoms with Crippen molar-refractivity contribution in [2.45, 2.75) is 26.2 Å². The van der Waals surface area contributed by atoms with Crippen LogP contribution in [0.25, 0.3) is 5.69 Å². The van der Waals surface area contributed by atoms with Crippen LogP contribution in [0.1, 0.15) is 35.4 Å².